The van der Waals surface area contributed by atoms with E-state index in [2.05, 4.69) is 19.2 Å². The van der Waals surface area contributed by atoms with Gasteiger partial charge in [0.1, 0.15) is 0 Å². The summed E-state index contributed by atoms with van der Waals surface area (Å²) in [5.74, 6) is 0.918. The summed E-state index contributed by atoms with van der Waals surface area (Å²) in [5.41, 5.74) is 0.508. The van der Waals surface area contributed by atoms with Gasteiger partial charge in [0, 0.05) is 14.1 Å². The van der Waals surface area contributed by atoms with Crippen LogP contribution in [0.25, 0.3) is 0 Å². The van der Waals surface area contributed by atoms with E-state index in [-0.39, 0.29) is 5.91 Å². The smallest absolute Gasteiger partial charge is 0.236 e. The van der Waals surface area contributed by atoms with E-state index in [1.165, 1.54) is 6.42 Å². The zero-order valence-electron chi connectivity index (χ0n) is 9.05. The number of likely N-dealkylation sites (N-methyl/N-ethyl adjacent to an activating group) is 1. The van der Waals surface area contributed by atoms with Gasteiger partial charge in [-0.2, -0.15) is 0 Å². The number of nitrogens with one attached hydrogen (secondary N) is 1. The van der Waals surface area contributed by atoms with E-state index in [1.54, 1.807) is 19.0 Å². The van der Waals surface area contributed by atoms with Crippen molar-refractivity contribution in [1.82, 2.24) is 10.2 Å². The lowest BCUT2D eigenvalue weighted by Crippen LogP contribution is -2.34. The molecule has 1 saturated carbocycles. The van der Waals surface area contributed by atoms with Crippen LogP contribution in [-0.2, 0) is 4.79 Å². The maximum Gasteiger partial charge on any atom is 0.236 e. The zero-order chi connectivity index (χ0) is 10.1. The van der Waals surface area contributed by atoms with Gasteiger partial charge in [-0.15, -0.1) is 0 Å². The van der Waals surface area contributed by atoms with Crippen LogP contribution in [0.3, 0.4) is 0 Å². The Bertz CT molecular complexity index is 199. The average molecular weight is 184 g/mol. The van der Waals surface area contributed by atoms with Crippen LogP contribution in [-0.4, -0.2) is 38.0 Å². The van der Waals surface area contributed by atoms with E-state index < -0.39 is 0 Å². The molecule has 0 spiro atoms. The van der Waals surface area contributed by atoms with Crippen LogP contribution in [0, 0.1) is 11.3 Å². The molecule has 0 heterocycles. The molecule has 1 unspecified atom stereocenters. The Morgan fingerprint density at radius 2 is 2.08 bits per heavy atom. The molecule has 1 N–H and O–H groups in total. The van der Waals surface area contributed by atoms with Crippen LogP contribution in [0.4, 0.5) is 0 Å². The summed E-state index contributed by atoms with van der Waals surface area (Å²) >= 11 is 0. The number of rotatable bonds is 4. The van der Waals surface area contributed by atoms with Gasteiger partial charge in [0.15, 0.2) is 0 Å². The highest BCUT2D eigenvalue weighted by Gasteiger charge is 2.44. The van der Waals surface area contributed by atoms with Crippen LogP contribution < -0.4 is 5.32 Å². The fourth-order valence-electron chi connectivity index (χ4n) is 1.44. The fourth-order valence-corrected chi connectivity index (χ4v) is 1.44. The second-order valence-corrected chi connectivity index (χ2v) is 4.81. The van der Waals surface area contributed by atoms with Crippen molar-refractivity contribution < 1.29 is 4.79 Å². The van der Waals surface area contributed by atoms with Gasteiger partial charge in [-0.1, -0.05) is 13.8 Å². The largest absolute Gasteiger partial charge is 0.348 e. The topological polar surface area (TPSA) is 32.3 Å². The van der Waals surface area contributed by atoms with Gasteiger partial charge in [0.25, 0.3) is 0 Å². The van der Waals surface area contributed by atoms with Crippen LogP contribution >= 0.6 is 0 Å². The van der Waals surface area contributed by atoms with Gasteiger partial charge < -0.3 is 10.2 Å². The summed E-state index contributed by atoms with van der Waals surface area (Å²) < 4.78 is 0. The van der Waals surface area contributed by atoms with Gasteiger partial charge >= 0.3 is 0 Å². The highest BCUT2D eigenvalue weighted by atomic mass is 16.2. The SMILES string of the molecule is CN(C)C(=O)CNCC1CC1(C)C. The van der Waals surface area contributed by atoms with Crippen molar-refractivity contribution in [3.63, 3.8) is 0 Å². The first-order valence-electron chi connectivity index (χ1n) is 4.84. The van der Waals surface area contributed by atoms with Crippen LogP contribution in [0.2, 0.25) is 0 Å². The number of nitrogens with zero attached hydrogens (tertiary/aromatic N) is 1. The number of amides is 1. The number of hydrogen-bond acceptors (Lipinski definition) is 2. The standard InChI is InChI=1S/C10H20N2O/c1-10(2)5-8(10)6-11-7-9(13)12(3)4/h8,11H,5-7H2,1-4H3. The molecule has 1 aliphatic rings. The molecule has 76 valence electrons. The monoisotopic (exact) mass is 184 g/mol. The van der Waals surface area contributed by atoms with Crippen molar-refractivity contribution in [3.8, 4) is 0 Å². The molecular weight excluding hydrogens is 164 g/mol. The van der Waals surface area contributed by atoms with E-state index in [9.17, 15) is 4.79 Å². The molecule has 0 bridgehead atoms. The predicted octanol–water partition coefficient (Wildman–Crippen LogP) is 0.710. The van der Waals surface area contributed by atoms with E-state index in [4.69, 9.17) is 0 Å². The lowest BCUT2D eigenvalue weighted by molar-refractivity contribution is -0.127. The molecule has 1 rings (SSSR count). The second kappa shape index (κ2) is 3.66. The van der Waals surface area contributed by atoms with Crippen molar-refractivity contribution in [2.24, 2.45) is 11.3 Å². The van der Waals surface area contributed by atoms with E-state index >= 15 is 0 Å². The Morgan fingerprint density at radius 1 is 1.54 bits per heavy atom. The predicted molar refractivity (Wildman–Crippen MR) is 53.5 cm³/mol. The van der Waals surface area contributed by atoms with Crippen molar-refractivity contribution in [3.05, 3.63) is 0 Å². The summed E-state index contributed by atoms with van der Waals surface area (Å²) in [4.78, 5) is 12.8. The van der Waals surface area contributed by atoms with Crippen molar-refractivity contribution in [1.29, 1.82) is 0 Å². The maximum atomic E-state index is 11.2. The van der Waals surface area contributed by atoms with Gasteiger partial charge in [0.05, 0.1) is 6.54 Å². The van der Waals surface area contributed by atoms with Crippen molar-refractivity contribution >= 4 is 5.91 Å². The maximum absolute atomic E-state index is 11.2. The third kappa shape index (κ3) is 2.99. The van der Waals surface area contributed by atoms with Crippen molar-refractivity contribution in [2.75, 3.05) is 27.2 Å². The minimum absolute atomic E-state index is 0.151. The van der Waals surface area contributed by atoms with Crippen LogP contribution in [0.5, 0.6) is 0 Å². The fraction of sp³-hybridized carbons (Fsp3) is 0.900. The Labute approximate surface area is 80.5 Å². The Kier molecular flexibility index (Phi) is 2.96. The minimum Gasteiger partial charge on any atom is -0.348 e. The molecule has 13 heavy (non-hydrogen) atoms. The Morgan fingerprint density at radius 3 is 2.46 bits per heavy atom. The molecular formula is C10H20N2O. The minimum atomic E-state index is 0.151. The average Bonchev–Trinajstić information content (AvgIpc) is 2.58. The van der Waals surface area contributed by atoms with Gasteiger partial charge in [0.2, 0.25) is 5.91 Å². The zero-order valence-corrected chi connectivity index (χ0v) is 9.05. The summed E-state index contributed by atoms with van der Waals surface area (Å²) in [7, 11) is 3.57. The van der Waals surface area contributed by atoms with Gasteiger partial charge in [-0.3, -0.25) is 4.79 Å². The molecule has 3 heteroatoms. The normalized spacial score (nSPS) is 24.2. The number of carbonyl (C=O) groups excluding carboxylic acids is 1. The molecule has 0 radical (unpaired) electrons. The number of hydrogen-bond donors (Lipinski definition) is 1. The lowest BCUT2D eigenvalue weighted by Gasteiger charge is -2.11. The molecule has 0 aromatic heterocycles. The first kappa shape index (κ1) is 10.5. The lowest BCUT2D eigenvalue weighted by atomic mass is 10.1. The van der Waals surface area contributed by atoms with Crippen molar-refractivity contribution in [2.45, 2.75) is 20.3 Å². The Hall–Kier alpha value is -0.570. The summed E-state index contributed by atoms with van der Waals surface area (Å²) in [6, 6.07) is 0. The molecule has 0 aromatic rings. The molecule has 1 atom stereocenters. The molecule has 3 nitrogen and oxygen atoms in total. The molecule has 1 amide bonds. The van der Waals surface area contributed by atoms with E-state index in [0.29, 0.717) is 12.0 Å². The third-order valence-corrected chi connectivity index (χ3v) is 2.88. The number of carbonyl (C=O) groups is 1. The quantitative estimate of drug-likeness (QED) is 0.698. The summed E-state index contributed by atoms with van der Waals surface area (Å²) in [5, 5.41) is 3.19. The highest BCUT2D eigenvalue weighted by Crippen LogP contribution is 2.50. The highest BCUT2D eigenvalue weighted by molar-refractivity contribution is 5.77. The molecule has 1 fully saturated rings. The van der Waals surface area contributed by atoms with Crippen LogP contribution in [0.1, 0.15) is 20.3 Å². The Balaban J connectivity index is 2.06. The second-order valence-electron chi connectivity index (χ2n) is 4.81. The first-order chi connectivity index (χ1) is 5.93. The van der Waals surface area contributed by atoms with E-state index in [1.807, 2.05) is 0 Å². The molecule has 0 aromatic carbocycles. The van der Waals surface area contributed by atoms with Crippen LogP contribution in [0.15, 0.2) is 0 Å². The summed E-state index contributed by atoms with van der Waals surface area (Å²) in [6.07, 6.45) is 1.29. The molecule has 0 aliphatic heterocycles. The third-order valence-electron chi connectivity index (χ3n) is 2.88. The molecule has 0 saturated heterocycles. The van der Waals surface area contributed by atoms with Gasteiger partial charge in [-0.25, -0.2) is 0 Å². The molecule has 1 aliphatic carbocycles. The van der Waals surface area contributed by atoms with Gasteiger partial charge in [-0.05, 0) is 24.3 Å². The first-order valence-corrected chi connectivity index (χ1v) is 4.84. The summed E-state index contributed by atoms with van der Waals surface area (Å²) in [6.45, 7) is 5.99. The van der Waals surface area contributed by atoms with E-state index in [0.717, 1.165) is 12.5 Å².